The third-order valence-corrected chi connectivity index (χ3v) is 5.10. The number of aliphatic hydroxyl groups is 1. The summed E-state index contributed by atoms with van der Waals surface area (Å²) in [6.07, 6.45) is -2.52. The molecule has 0 aliphatic carbocycles. The highest BCUT2D eigenvalue weighted by Crippen LogP contribution is 2.52. The zero-order valence-electron chi connectivity index (χ0n) is 15.3. The molecule has 0 amide bonds. The van der Waals surface area contributed by atoms with Crippen LogP contribution in [0.15, 0.2) is 42.5 Å². The predicted octanol–water partition coefficient (Wildman–Crippen LogP) is 2.25. The second kappa shape index (κ2) is 6.82. The fourth-order valence-corrected chi connectivity index (χ4v) is 3.71. The minimum absolute atomic E-state index is 0.0208. The molecule has 3 aromatic rings. The molecular weight excluding hydrogens is 396 g/mol. The molecule has 3 atom stereocenters. The van der Waals surface area contributed by atoms with E-state index in [1.165, 1.54) is 24.3 Å². The maximum absolute atomic E-state index is 11.1. The van der Waals surface area contributed by atoms with Crippen molar-refractivity contribution in [1.82, 2.24) is 0 Å². The van der Waals surface area contributed by atoms with Gasteiger partial charge in [-0.3, -0.25) is 0 Å². The van der Waals surface area contributed by atoms with E-state index in [0.29, 0.717) is 0 Å². The molecule has 1 aliphatic heterocycles. The summed E-state index contributed by atoms with van der Waals surface area (Å²) in [4.78, 5) is 0. The van der Waals surface area contributed by atoms with Crippen LogP contribution in [0.1, 0.15) is 28.7 Å². The minimum atomic E-state index is -1.40. The number of hydrogen-bond donors (Lipinski definition) is 8. The number of phenolic OH excluding ortho intramolecular Hbond substituents is 7. The number of rotatable bonds is 2. The molecule has 3 aromatic carbocycles. The Morgan fingerprint density at radius 2 is 1.27 bits per heavy atom. The number of aromatic hydroxyl groups is 7. The van der Waals surface area contributed by atoms with Gasteiger partial charge in [-0.25, -0.2) is 0 Å². The lowest BCUT2D eigenvalue weighted by atomic mass is 9.79. The molecule has 9 heteroatoms. The molecule has 30 heavy (non-hydrogen) atoms. The van der Waals surface area contributed by atoms with Gasteiger partial charge in [-0.05, 0) is 35.4 Å². The van der Waals surface area contributed by atoms with Crippen LogP contribution in [0.3, 0.4) is 0 Å². The van der Waals surface area contributed by atoms with Crippen LogP contribution in [0.25, 0.3) is 0 Å². The molecule has 0 fully saturated rings. The second-order valence-corrected chi connectivity index (χ2v) is 7.04. The third kappa shape index (κ3) is 3.01. The smallest absolute Gasteiger partial charge is 0.200 e. The van der Waals surface area contributed by atoms with Crippen LogP contribution in [0.5, 0.6) is 46.0 Å². The first-order chi connectivity index (χ1) is 14.2. The number of benzene rings is 3. The van der Waals surface area contributed by atoms with Crippen molar-refractivity contribution in [2.24, 2.45) is 0 Å². The van der Waals surface area contributed by atoms with Gasteiger partial charge in [-0.15, -0.1) is 0 Å². The van der Waals surface area contributed by atoms with E-state index in [1.807, 2.05) is 0 Å². The van der Waals surface area contributed by atoms with E-state index in [4.69, 9.17) is 4.74 Å². The van der Waals surface area contributed by atoms with E-state index in [9.17, 15) is 40.9 Å². The second-order valence-electron chi connectivity index (χ2n) is 7.04. The molecule has 156 valence electrons. The first kappa shape index (κ1) is 19.3. The SMILES string of the molecule is Oc1cc(O)c2c(c1)O[C@H](c1ccc(O)c(O)c1)[C@H](O)[C@H]2c1cc(O)c(O)c(O)c1. The van der Waals surface area contributed by atoms with Crippen molar-refractivity contribution in [2.75, 3.05) is 0 Å². The Morgan fingerprint density at radius 1 is 0.633 bits per heavy atom. The molecule has 4 rings (SSSR count). The van der Waals surface area contributed by atoms with Crippen molar-refractivity contribution in [1.29, 1.82) is 0 Å². The summed E-state index contributed by atoms with van der Waals surface area (Å²) in [7, 11) is 0. The minimum Gasteiger partial charge on any atom is -0.508 e. The lowest BCUT2D eigenvalue weighted by Crippen LogP contribution is -2.35. The Morgan fingerprint density at radius 3 is 1.90 bits per heavy atom. The normalized spacial score (nSPS) is 20.4. The first-order valence-corrected chi connectivity index (χ1v) is 8.84. The topological polar surface area (TPSA) is 171 Å². The zero-order chi connectivity index (χ0) is 21.7. The molecule has 0 aromatic heterocycles. The van der Waals surface area contributed by atoms with Crippen molar-refractivity contribution in [3.8, 4) is 46.0 Å². The number of aliphatic hydroxyl groups excluding tert-OH is 1. The maximum atomic E-state index is 11.1. The van der Waals surface area contributed by atoms with Crippen LogP contribution in [0, 0.1) is 0 Å². The van der Waals surface area contributed by atoms with Crippen molar-refractivity contribution >= 4 is 0 Å². The number of hydrogen-bond acceptors (Lipinski definition) is 9. The largest absolute Gasteiger partial charge is 0.508 e. The Hall–Kier alpha value is -3.98. The quantitative estimate of drug-likeness (QED) is 0.293. The lowest BCUT2D eigenvalue weighted by molar-refractivity contribution is 0.00723. The maximum Gasteiger partial charge on any atom is 0.200 e. The van der Waals surface area contributed by atoms with Gasteiger partial charge in [0.25, 0.3) is 0 Å². The van der Waals surface area contributed by atoms with Gasteiger partial charge < -0.3 is 45.6 Å². The molecule has 8 N–H and O–H groups in total. The van der Waals surface area contributed by atoms with Crippen LogP contribution in [-0.4, -0.2) is 47.0 Å². The summed E-state index contributed by atoms with van der Waals surface area (Å²) in [6.45, 7) is 0. The predicted molar refractivity (Wildman–Crippen MR) is 102 cm³/mol. The summed E-state index contributed by atoms with van der Waals surface area (Å²) in [5.41, 5.74) is 0.515. The van der Waals surface area contributed by atoms with Crippen LogP contribution in [0.4, 0.5) is 0 Å². The monoisotopic (exact) mass is 414 g/mol. The molecular formula is C21H18O9. The van der Waals surface area contributed by atoms with Crippen LogP contribution in [-0.2, 0) is 0 Å². The summed E-state index contributed by atoms with van der Waals surface area (Å²) in [5, 5.41) is 80.3. The summed E-state index contributed by atoms with van der Waals surface area (Å²) < 4.78 is 5.79. The molecule has 0 bridgehead atoms. The third-order valence-electron chi connectivity index (χ3n) is 5.10. The number of fused-ring (bicyclic) bond motifs is 1. The first-order valence-electron chi connectivity index (χ1n) is 8.84. The number of ether oxygens (including phenoxy) is 1. The van der Waals surface area contributed by atoms with Gasteiger partial charge in [0, 0.05) is 23.6 Å². The lowest BCUT2D eigenvalue weighted by Gasteiger charge is -2.37. The van der Waals surface area contributed by atoms with Crippen LogP contribution >= 0.6 is 0 Å². The van der Waals surface area contributed by atoms with Gasteiger partial charge in [0.2, 0.25) is 0 Å². The average Bonchev–Trinajstić information content (AvgIpc) is 2.68. The fourth-order valence-electron chi connectivity index (χ4n) is 3.71. The van der Waals surface area contributed by atoms with E-state index >= 15 is 0 Å². The molecule has 0 unspecified atom stereocenters. The van der Waals surface area contributed by atoms with Crippen molar-refractivity contribution in [2.45, 2.75) is 18.1 Å². The fraction of sp³-hybridized carbons (Fsp3) is 0.143. The van der Waals surface area contributed by atoms with E-state index < -0.39 is 46.9 Å². The van der Waals surface area contributed by atoms with E-state index in [0.717, 1.165) is 18.2 Å². The number of phenols is 7. The van der Waals surface area contributed by atoms with E-state index in [2.05, 4.69) is 0 Å². The molecule has 0 saturated heterocycles. The highest BCUT2D eigenvalue weighted by atomic mass is 16.5. The van der Waals surface area contributed by atoms with Gasteiger partial charge >= 0.3 is 0 Å². The van der Waals surface area contributed by atoms with Gasteiger partial charge in [0.15, 0.2) is 34.9 Å². The van der Waals surface area contributed by atoms with Gasteiger partial charge in [-0.2, -0.15) is 0 Å². The molecule has 0 saturated carbocycles. The average molecular weight is 414 g/mol. The summed E-state index contributed by atoms with van der Waals surface area (Å²) in [6, 6.07) is 8.34. The molecule has 0 radical (unpaired) electrons. The van der Waals surface area contributed by atoms with Gasteiger partial charge in [0.05, 0.1) is 0 Å². The van der Waals surface area contributed by atoms with Crippen LogP contribution < -0.4 is 4.74 Å². The zero-order valence-corrected chi connectivity index (χ0v) is 15.3. The van der Waals surface area contributed by atoms with Gasteiger partial charge in [0.1, 0.15) is 23.4 Å². The summed E-state index contributed by atoms with van der Waals surface area (Å²) in [5.74, 6) is -4.56. The standard InChI is InChI=1S/C21H18O9/c22-10-6-13(25)18-16(7-10)30-21(8-1-2-11(23)12(24)3-8)20(29)17(18)9-4-14(26)19(28)15(27)5-9/h1-7,17,20-29H/t17-,20+,21+/m0/s1. The molecule has 1 aliphatic rings. The van der Waals surface area contributed by atoms with Crippen molar-refractivity contribution in [3.05, 3.63) is 59.2 Å². The Kier molecular flexibility index (Phi) is 4.39. The highest BCUT2D eigenvalue weighted by Gasteiger charge is 2.42. The van der Waals surface area contributed by atoms with Crippen molar-refractivity contribution in [3.63, 3.8) is 0 Å². The highest BCUT2D eigenvalue weighted by molar-refractivity contribution is 5.60. The summed E-state index contributed by atoms with van der Waals surface area (Å²) >= 11 is 0. The van der Waals surface area contributed by atoms with Crippen molar-refractivity contribution < 1.29 is 45.6 Å². The Labute approximate surface area is 169 Å². The Bertz CT molecular complexity index is 1120. The molecule has 1 heterocycles. The van der Waals surface area contributed by atoms with Crippen LogP contribution in [0.2, 0.25) is 0 Å². The van der Waals surface area contributed by atoms with E-state index in [-0.39, 0.29) is 33.9 Å². The van der Waals surface area contributed by atoms with E-state index in [1.54, 1.807) is 0 Å². The Balaban J connectivity index is 1.92. The van der Waals surface area contributed by atoms with Gasteiger partial charge in [-0.1, -0.05) is 6.07 Å². The molecule has 9 nitrogen and oxygen atoms in total. The molecule has 0 spiro atoms.